The highest BCUT2D eigenvalue weighted by Crippen LogP contribution is 2.73. The van der Waals surface area contributed by atoms with E-state index >= 15 is 0 Å². The van der Waals surface area contributed by atoms with Crippen molar-refractivity contribution in [1.29, 1.82) is 0 Å². The molecular formula is C7H10OS. The van der Waals surface area contributed by atoms with Gasteiger partial charge in [0, 0.05) is 22.3 Å². The Labute approximate surface area is 59.1 Å². The molecule has 0 aromatic carbocycles. The first-order valence-corrected chi connectivity index (χ1v) is 4.68. The summed E-state index contributed by atoms with van der Waals surface area (Å²) in [5.41, 5.74) is 1.38. The second-order valence-electron chi connectivity index (χ2n) is 3.72. The summed E-state index contributed by atoms with van der Waals surface area (Å²) in [7, 11) is 0. The van der Waals surface area contributed by atoms with Crippen LogP contribution in [0.3, 0.4) is 0 Å². The number of rotatable bonds is 0. The van der Waals surface area contributed by atoms with Crippen LogP contribution in [0.2, 0.25) is 0 Å². The summed E-state index contributed by atoms with van der Waals surface area (Å²) in [5, 5.41) is 0. The summed E-state index contributed by atoms with van der Waals surface area (Å²) < 4.78 is 5.44. The maximum absolute atomic E-state index is 5.44. The van der Waals surface area contributed by atoms with E-state index in [4.69, 9.17) is 4.74 Å². The van der Waals surface area contributed by atoms with Gasteiger partial charge in [0.1, 0.15) is 0 Å². The first-order valence-electron chi connectivity index (χ1n) is 3.53. The number of hydrogen-bond acceptors (Lipinski definition) is 2. The summed E-state index contributed by atoms with van der Waals surface area (Å²) >= 11 is 2.13. The lowest BCUT2D eigenvalue weighted by atomic mass is 10.0. The Morgan fingerprint density at radius 3 is 2.33 bits per heavy atom. The van der Waals surface area contributed by atoms with Crippen LogP contribution in [-0.2, 0) is 4.74 Å². The molecule has 0 radical (unpaired) electrons. The molecular weight excluding hydrogens is 132 g/mol. The zero-order valence-electron chi connectivity index (χ0n) is 5.35. The van der Waals surface area contributed by atoms with E-state index in [0.29, 0.717) is 10.8 Å². The molecule has 2 saturated heterocycles. The molecule has 0 aromatic rings. The van der Waals surface area contributed by atoms with Crippen LogP contribution < -0.4 is 0 Å². The van der Waals surface area contributed by atoms with E-state index in [-0.39, 0.29) is 0 Å². The molecule has 3 aliphatic rings. The van der Waals surface area contributed by atoms with Crippen molar-refractivity contribution in [2.24, 2.45) is 10.8 Å². The highest BCUT2D eigenvalue weighted by molar-refractivity contribution is 7.99. The third-order valence-corrected chi connectivity index (χ3v) is 4.70. The number of thioether (sulfide) groups is 1. The monoisotopic (exact) mass is 142 g/mol. The summed E-state index contributed by atoms with van der Waals surface area (Å²) in [6, 6.07) is 0. The third-order valence-electron chi connectivity index (χ3n) is 3.19. The van der Waals surface area contributed by atoms with Gasteiger partial charge in [0.05, 0.1) is 13.2 Å². The van der Waals surface area contributed by atoms with Gasteiger partial charge in [0.15, 0.2) is 0 Å². The minimum Gasteiger partial charge on any atom is -0.380 e. The van der Waals surface area contributed by atoms with Crippen molar-refractivity contribution >= 4 is 11.8 Å². The summed E-state index contributed by atoms with van der Waals surface area (Å²) in [6.45, 7) is 2.14. The van der Waals surface area contributed by atoms with E-state index < -0.39 is 0 Å². The Morgan fingerprint density at radius 1 is 1.11 bits per heavy atom. The van der Waals surface area contributed by atoms with Crippen LogP contribution in [0.4, 0.5) is 0 Å². The van der Waals surface area contributed by atoms with Crippen LogP contribution in [0.5, 0.6) is 0 Å². The maximum atomic E-state index is 5.44. The van der Waals surface area contributed by atoms with Crippen molar-refractivity contribution in [3.63, 3.8) is 0 Å². The molecule has 3 fully saturated rings. The normalized spacial score (nSPS) is 61.3. The smallest absolute Gasteiger partial charge is 0.0537 e. The van der Waals surface area contributed by atoms with E-state index in [1.807, 2.05) is 0 Å². The Balaban J connectivity index is 2.05. The van der Waals surface area contributed by atoms with Crippen LogP contribution in [0.15, 0.2) is 0 Å². The summed E-state index contributed by atoms with van der Waals surface area (Å²) in [5.74, 6) is 2.76. The van der Waals surface area contributed by atoms with Gasteiger partial charge in [-0.25, -0.2) is 0 Å². The zero-order chi connectivity index (χ0) is 5.95. The Hall–Kier alpha value is 0.310. The molecule has 3 rings (SSSR count). The molecule has 0 N–H and O–H groups in total. The SMILES string of the molecule is C1OCC23CSCC12C3. The summed E-state index contributed by atoms with van der Waals surface area (Å²) in [6.07, 6.45) is 1.48. The van der Waals surface area contributed by atoms with Crippen LogP contribution in [0.25, 0.3) is 0 Å². The minimum absolute atomic E-state index is 0.692. The molecule has 9 heavy (non-hydrogen) atoms. The molecule has 2 heteroatoms. The van der Waals surface area contributed by atoms with Crippen molar-refractivity contribution in [1.82, 2.24) is 0 Å². The van der Waals surface area contributed by atoms with Gasteiger partial charge in [0.25, 0.3) is 0 Å². The lowest BCUT2D eigenvalue weighted by Crippen LogP contribution is -2.07. The molecule has 0 aromatic heterocycles. The molecule has 2 unspecified atom stereocenters. The first-order chi connectivity index (χ1) is 4.37. The Morgan fingerprint density at radius 2 is 1.78 bits per heavy atom. The van der Waals surface area contributed by atoms with Crippen LogP contribution in [-0.4, -0.2) is 24.7 Å². The molecule has 1 nitrogen and oxygen atoms in total. The highest BCUT2D eigenvalue weighted by atomic mass is 32.2. The number of ether oxygens (including phenoxy) is 1. The van der Waals surface area contributed by atoms with Gasteiger partial charge in [-0.3, -0.25) is 0 Å². The van der Waals surface area contributed by atoms with E-state index in [1.165, 1.54) is 17.9 Å². The average molecular weight is 142 g/mol. The zero-order valence-corrected chi connectivity index (χ0v) is 6.17. The maximum Gasteiger partial charge on any atom is 0.0537 e. The minimum atomic E-state index is 0.692. The van der Waals surface area contributed by atoms with Gasteiger partial charge in [-0.2, -0.15) is 11.8 Å². The van der Waals surface area contributed by atoms with E-state index in [9.17, 15) is 0 Å². The predicted molar refractivity (Wildman–Crippen MR) is 37.6 cm³/mol. The Kier molecular flexibility index (Phi) is 0.665. The number of hydrogen-bond donors (Lipinski definition) is 0. The largest absolute Gasteiger partial charge is 0.380 e. The lowest BCUT2D eigenvalue weighted by Gasteiger charge is -2.06. The van der Waals surface area contributed by atoms with Gasteiger partial charge in [-0.05, 0) is 6.42 Å². The standard InChI is InChI=1S/C7H10OS/c1-6-2-8-3-7(1,6)5-9-4-6/h1-5H2. The molecule has 1 saturated carbocycles. The molecule has 50 valence electrons. The van der Waals surface area contributed by atoms with Crippen molar-refractivity contribution in [3.05, 3.63) is 0 Å². The second-order valence-corrected chi connectivity index (χ2v) is 4.71. The third kappa shape index (κ3) is 0.385. The predicted octanol–water partition coefficient (Wildman–Crippen LogP) is 1.14. The van der Waals surface area contributed by atoms with E-state index in [1.54, 1.807) is 0 Å². The van der Waals surface area contributed by atoms with Crippen molar-refractivity contribution in [2.45, 2.75) is 6.42 Å². The molecule has 2 heterocycles. The Bertz CT molecular complexity index is 129. The van der Waals surface area contributed by atoms with E-state index in [0.717, 1.165) is 13.2 Å². The molecule has 2 atom stereocenters. The quantitative estimate of drug-likeness (QED) is 0.501. The van der Waals surface area contributed by atoms with Gasteiger partial charge >= 0.3 is 0 Å². The summed E-state index contributed by atoms with van der Waals surface area (Å²) in [4.78, 5) is 0. The fraction of sp³-hybridized carbons (Fsp3) is 1.00. The average Bonchev–Trinajstić information content (AvgIpc) is 2.11. The molecule has 0 bridgehead atoms. The first kappa shape index (κ1) is 5.03. The van der Waals surface area contributed by atoms with Crippen LogP contribution in [0.1, 0.15) is 6.42 Å². The fourth-order valence-corrected chi connectivity index (χ4v) is 4.25. The molecule has 0 spiro atoms. The highest BCUT2D eigenvalue weighted by Gasteiger charge is 2.73. The van der Waals surface area contributed by atoms with Gasteiger partial charge in [0.2, 0.25) is 0 Å². The van der Waals surface area contributed by atoms with Crippen LogP contribution >= 0.6 is 11.8 Å². The van der Waals surface area contributed by atoms with Crippen molar-refractivity contribution < 1.29 is 4.74 Å². The van der Waals surface area contributed by atoms with Crippen molar-refractivity contribution in [2.75, 3.05) is 24.7 Å². The van der Waals surface area contributed by atoms with E-state index in [2.05, 4.69) is 11.8 Å². The van der Waals surface area contributed by atoms with Crippen LogP contribution in [0, 0.1) is 10.8 Å². The lowest BCUT2D eigenvalue weighted by molar-refractivity contribution is 0.141. The van der Waals surface area contributed by atoms with Crippen molar-refractivity contribution in [3.8, 4) is 0 Å². The molecule has 1 aliphatic carbocycles. The second kappa shape index (κ2) is 1.19. The topological polar surface area (TPSA) is 9.23 Å². The molecule has 2 aliphatic heterocycles. The van der Waals surface area contributed by atoms with Gasteiger partial charge in [-0.15, -0.1) is 0 Å². The fourth-order valence-electron chi connectivity index (χ4n) is 2.39. The molecule has 0 amide bonds. The van der Waals surface area contributed by atoms with Gasteiger partial charge < -0.3 is 4.74 Å². The van der Waals surface area contributed by atoms with Gasteiger partial charge in [-0.1, -0.05) is 0 Å².